The minimum Gasteiger partial charge on any atom is -0.476 e. The Kier molecular flexibility index (Phi) is 4.23. The van der Waals surface area contributed by atoms with Crippen molar-refractivity contribution in [2.75, 3.05) is 24.6 Å². The number of anilines is 1. The molecule has 0 aromatic carbocycles. The second kappa shape index (κ2) is 6.47. The van der Waals surface area contributed by atoms with Crippen LogP contribution in [0.2, 0.25) is 0 Å². The molecule has 1 aliphatic heterocycles. The van der Waals surface area contributed by atoms with Gasteiger partial charge in [0.05, 0.1) is 12.3 Å². The Hall–Kier alpha value is -2.24. The maximum absolute atomic E-state index is 5.79. The summed E-state index contributed by atoms with van der Waals surface area (Å²) in [5.74, 6) is 2.01. The van der Waals surface area contributed by atoms with Gasteiger partial charge >= 0.3 is 0 Å². The van der Waals surface area contributed by atoms with E-state index in [1.54, 1.807) is 24.8 Å². The Morgan fingerprint density at radius 1 is 1.05 bits per heavy atom. The summed E-state index contributed by atoms with van der Waals surface area (Å²) in [5.41, 5.74) is 0.840. The van der Waals surface area contributed by atoms with E-state index in [0.717, 1.165) is 37.6 Å². The van der Waals surface area contributed by atoms with Crippen LogP contribution >= 0.6 is 0 Å². The number of hydrogen-bond donors (Lipinski definition) is 0. The molecule has 0 spiro atoms. The zero-order valence-corrected chi connectivity index (χ0v) is 12.1. The molecule has 0 atom stereocenters. The molecule has 6 heteroatoms. The van der Waals surface area contributed by atoms with Crippen molar-refractivity contribution in [3.8, 4) is 5.88 Å². The number of rotatable bonds is 4. The highest BCUT2D eigenvalue weighted by Crippen LogP contribution is 2.21. The molecule has 0 N–H and O–H groups in total. The van der Waals surface area contributed by atoms with Crippen LogP contribution in [0.5, 0.6) is 5.88 Å². The summed E-state index contributed by atoms with van der Waals surface area (Å²) in [5, 5.41) is 0. The zero-order chi connectivity index (χ0) is 14.5. The lowest BCUT2D eigenvalue weighted by Gasteiger charge is -2.31. The summed E-state index contributed by atoms with van der Waals surface area (Å²) in [6.07, 6.45) is 9.08. The third-order valence-corrected chi connectivity index (χ3v) is 3.74. The van der Waals surface area contributed by atoms with E-state index in [0.29, 0.717) is 18.4 Å². The molecule has 110 valence electrons. The summed E-state index contributed by atoms with van der Waals surface area (Å²) in [6.45, 7) is 4.55. The van der Waals surface area contributed by atoms with Crippen LogP contribution < -0.4 is 9.64 Å². The summed E-state index contributed by atoms with van der Waals surface area (Å²) in [7, 11) is 0. The maximum atomic E-state index is 5.79. The summed E-state index contributed by atoms with van der Waals surface area (Å²) >= 11 is 0. The van der Waals surface area contributed by atoms with Gasteiger partial charge in [0.1, 0.15) is 0 Å². The van der Waals surface area contributed by atoms with Crippen molar-refractivity contribution in [2.45, 2.75) is 19.8 Å². The number of aryl methyl sites for hydroxylation is 1. The highest BCUT2D eigenvalue weighted by atomic mass is 16.5. The van der Waals surface area contributed by atoms with E-state index in [2.05, 4.69) is 24.8 Å². The van der Waals surface area contributed by atoms with Crippen molar-refractivity contribution in [2.24, 2.45) is 5.92 Å². The highest BCUT2D eigenvalue weighted by Gasteiger charge is 2.21. The molecule has 0 saturated carbocycles. The van der Waals surface area contributed by atoms with Gasteiger partial charge < -0.3 is 9.64 Å². The fourth-order valence-electron chi connectivity index (χ4n) is 2.49. The highest BCUT2D eigenvalue weighted by molar-refractivity contribution is 5.28. The minimum absolute atomic E-state index is 0.548. The standard InChI is InChI=1S/C15H19N5O/c1-12-14(17-8-7-16-12)21-11-13-3-9-20(10-4-13)15-18-5-2-6-19-15/h2,5-8,13H,3-4,9-11H2,1H3. The van der Waals surface area contributed by atoms with Crippen molar-refractivity contribution >= 4 is 5.95 Å². The Bertz CT molecular complexity index is 569. The van der Waals surface area contributed by atoms with Gasteiger partial charge in [-0.15, -0.1) is 0 Å². The van der Waals surface area contributed by atoms with E-state index in [-0.39, 0.29) is 0 Å². The number of piperidine rings is 1. The summed E-state index contributed by atoms with van der Waals surface area (Å²) < 4.78 is 5.79. The van der Waals surface area contributed by atoms with Crippen LogP contribution in [0.25, 0.3) is 0 Å². The average Bonchev–Trinajstić information content (AvgIpc) is 2.55. The number of ether oxygens (including phenoxy) is 1. The molecule has 2 aromatic rings. The maximum Gasteiger partial charge on any atom is 0.235 e. The molecule has 1 aliphatic rings. The molecule has 2 aromatic heterocycles. The molecule has 0 radical (unpaired) electrons. The number of aromatic nitrogens is 4. The van der Waals surface area contributed by atoms with Gasteiger partial charge in [0, 0.05) is 37.9 Å². The molecule has 0 amide bonds. The van der Waals surface area contributed by atoms with Crippen LogP contribution in [0.4, 0.5) is 5.95 Å². The third kappa shape index (κ3) is 3.45. The summed E-state index contributed by atoms with van der Waals surface area (Å²) in [4.78, 5) is 19.2. The van der Waals surface area contributed by atoms with Gasteiger partial charge in [-0.2, -0.15) is 0 Å². The van der Waals surface area contributed by atoms with Crippen LogP contribution in [-0.4, -0.2) is 39.6 Å². The third-order valence-electron chi connectivity index (χ3n) is 3.74. The summed E-state index contributed by atoms with van der Waals surface area (Å²) in [6, 6.07) is 1.84. The number of nitrogens with zero attached hydrogens (tertiary/aromatic N) is 5. The quantitative estimate of drug-likeness (QED) is 0.854. The van der Waals surface area contributed by atoms with Crippen LogP contribution in [0.1, 0.15) is 18.5 Å². The van der Waals surface area contributed by atoms with E-state index >= 15 is 0 Å². The van der Waals surface area contributed by atoms with Gasteiger partial charge in [-0.1, -0.05) is 0 Å². The lowest BCUT2D eigenvalue weighted by atomic mass is 9.98. The van der Waals surface area contributed by atoms with Crippen molar-refractivity contribution in [3.05, 3.63) is 36.5 Å². The van der Waals surface area contributed by atoms with Gasteiger partial charge in [0.25, 0.3) is 0 Å². The normalized spacial score (nSPS) is 16.0. The molecule has 0 aliphatic carbocycles. The molecule has 1 saturated heterocycles. The molecule has 3 heterocycles. The zero-order valence-electron chi connectivity index (χ0n) is 12.1. The van der Waals surface area contributed by atoms with Crippen LogP contribution in [-0.2, 0) is 0 Å². The smallest absolute Gasteiger partial charge is 0.235 e. The molecule has 21 heavy (non-hydrogen) atoms. The Balaban J connectivity index is 1.49. The van der Waals surface area contributed by atoms with Crippen molar-refractivity contribution < 1.29 is 4.74 Å². The molecule has 0 unspecified atom stereocenters. The topological polar surface area (TPSA) is 64.0 Å². The fraction of sp³-hybridized carbons (Fsp3) is 0.467. The lowest BCUT2D eigenvalue weighted by Crippen LogP contribution is -2.36. The first-order valence-electron chi connectivity index (χ1n) is 7.25. The fourth-order valence-corrected chi connectivity index (χ4v) is 2.49. The Morgan fingerprint density at radius 2 is 1.76 bits per heavy atom. The van der Waals surface area contributed by atoms with Gasteiger partial charge in [0.2, 0.25) is 11.8 Å². The lowest BCUT2D eigenvalue weighted by molar-refractivity contribution is 0.213. The molecule has 6 nitrogen and oxygen atoms in total. The SMILES string of the molecule is Cc1nccnc1OCC1CCN(c2ncccn2)CC1. The monoisotopic (exact) mass is 285 g/mol. The Morgan fingerprint density at radius 3 is 2.48 bits per heavy atom. The largest absolute Gasteiger partial charge is 0.476 e. The molecule has 1 fully saturated rings. The molecule has 3 rings (SSSR count). The van der Waals surface area contributed by atoms with E-state index in [4.69, 9.17) is 4.74 Å². The average molecular weight is 285 g/mol. The first-order chi connectivity index (χ1) is 10.3. The van der Waals surface area contributed by atoms with Crippen LogP contribution in [0, 0.1) is 12.8 Å². The first kappa shape index (κ1) is 13.7. The van der Waals surface area contributed by atoms with E-state index in [9.17, 15) is 0 Å². The molecule has 0 bridgehead atoms. The van der Waals surface area contributed by atoms with Gasteiger partial charge in [-0.05, 0) is 31.7 Å². The van der Waals surface area contributed by atoms with Crippen molar-refractivity contribution in [3.63, 3.8) is 0 Å². The van der Waals surface area contributed by atoms with E-state index in [1.165, 1.54) is 0 Å². The minimum atomic E-state index is 0.548. The van der Waals surface area contributed by atoms with Crippen LogP contribution in [0.15, 0.2) is 30.9 Å². The Labute approximate surface area is 124 Å². The second-order valence-corrected chi connectivity index (χ2v) is 5.24. The number of hydrogen-bond acceptors (Lipinski definition) is 6. The molecular weight excluding hydrogens is 266 g/mol. The van der Waals surface area contributed by atoms with Gasteiger partial charge in [-0.25, -0.2) is 15.0 Å². The van der Waals surface area contributed by atoms with E-state index in [1.807, 2.05) is 13.0 Å². The van der Waals surface area contributed by atoms with Gasteiger partial charge in [-0.3, -0.25) is 4.98 Å². The second-order valence-electron chi connectivity index (χ2n) is 5.24. The predicted octanol–water partition coefficient (Wildman–Crippen LogP) is 1.87. The predicted molar refractivity (Wildman–Crippen MR) is 79.2 cm³/mol. The van der Waals surface area contributed by atoms with Crippen LogP contribution in [0.3, 0.4) is 0 Å². The van der Waals surface area contributed by atoms with Gasteiger partial charge in [0.15, 0.2) is 0 Å². The first-order valence-corrected chi connectivity index (χ1v) is 7.25. The van der Waals surface area contributed by atoms with Crippen molar-refractivity contribution in [1.82, 2.24) is 19.9 Å². The van der Waals surface area contributed by atoms with Crippen molar-refractivity contribution in [1.29, 1.82) is 0 Å². The van der Waals surface area contributed by atoms with E-state index < -0.39 is 0 Å². The molecular formula is C15H19N5O.